The van der Waals surface area contributed by atoms with Crippen LogP contribution < -0.4 is 10.6 Å². The first-order chi connectivity index (χ1) is 13.7. The molecule has 2 heterocycles. The van der Waals surface area contributed by atoms with Crippen LogP contribution >= 0.6 is 24.0 Å². The first kappa shape index (κ1) is 21.0. The zero-order valence-electron chi connectivity index (χ0n) is 14.7. The van der Waals surface area contributed by atoms with E-state index in [0.717, 1.165) is 4.90 Å². The summed E-state index contributed by atoms with van der Waals surface area (Å²) in [4.78, 5) is 34.0. The number of hydrogen-bond acceptors (Lipinski definition) is 6. The molecule has 1 aliphatic heterocycles. The molecule has 1 aromatic carbocycles. The Bertz CT molecular complexity index is 920. The summed E-state index contributed by atoms with van der Waals surface area (Å²) < 4.78 is 36.6. The van der Waals surface area contributed by atoms with E-state index in [1.165, 1.54) is 24.0 Å². The maximum atomic E-state index is 12.3. The molecule has 0 saturated carbocycles. The van der Waals surface area contributed by atoms with Gasteiger partial charge in [0, 0.05) is 18.5 Å². The molecule has 0 radical (unpaired) electrons. The Morgan fingerprint density at radius 2 is 1.79 bits per heavy atom. The zero-order valence-corrected chi connectivity index (χ0v) is 16.3. The number of nitrogens with zero attached hydrogens (tertiary/aromatic N) is 3. The molecule has 0 spiro atoms. The number of amides is 2. The van der Waals surface area contributed by atoms with Gasteiger partial charge in [-0.1, -0.05) is 23.9 Å². The van der Waals surface area contributed by atoms with Crippen molar-refractivity contribution in [2.75, 3.05) is 24.2 Å². The van der Waals surface area contributed by atoms with Crippen LogP contribution in [0.3, 0.4) is 0 Å². The van der Waals surface area contributed by atoms with Gasteiger partial charge in [0.15, 0.2) is 10.3 Å². The Morgan fingerprint density at radius 3 is 2.41 bits per heavy atom. The molecule has 2 N–H and O–H groups in total. The van der Waals surface area contributed by atoms with Crippen LogP contribution in [-0.2, 0) is 0 Å². The normalized spacial score (nSPS) is 13.4. The molecule has 7 nitrogen and oxygen atoms in total. The smallest absolute Gasteiger partial charge is 0.353 e. The molecule has 29 heavy (non-hydrogen) atoms. The van der Waals surface area contributed by atoms with Crippen molar-refractivity contribution >= 4 is 46.7 Å². The molecule has 0 atom stereocenters. The lowest BCUT2D eigenvalue weighted by Gasteiger charge is -2.13. The molecular weight excluding hydrogens is 427 g/mol. The van der Waals surface area contributed by atoms with E-state index in [2.05, 4.69) is 15.3 Å². The zero-order chi connectivity index (χ0) is 21.0. The minimum absolute atomic E-state index is 0.170. The van der Waals surface area contributed by atoms with Gasteiger partial charge < -0.3 is 10.6 Å². The third-order valence-electron chi connectivity index (χ3n) is 3.75. The average Bonchev–Trinajstić information content (AvgIpc) is 2.91. The number of carbonyl (C=O) groups is 2. The second kappa shape index (κ2) is 8.74. The number of rotatable bonds is 6. The highest BCUT2D eigenvalue weighted by Gasteiger charge is 2.34. The first-order valence-electron chi connectivity index (χ1n) is 8.27. The predicted octanol–water partition coefficient (Wildman–Crippen LogP) is 2.71. The summed E-state index contributed by atoms with van der Waals surface area (Å²) in [5.74, 6) is -0.110. The van der Waals surface area contributed by atoms with Crippen molar-refractivity contribution in [1.82, 2.24) is 20.2 Å². The van der Waals surface area contributed by atoms with Gasteiger partial charge in [0.05, 0.1) is 11.1 Å². The Morgan fingerprint density at radius 1 is 1.14 bits per heavy atom. The lowest BCUT2D eigenvalue weighted by molar-refractivity contribution is -0.121. The molecule has 0 bridgehead atoms. The van der Waals surface area contributed by atoms with Crippen LogP contribution in [0.2, 0.25) is 0 Å². The van der Waals surface area contributed by atoms with E-state index in [0.29, 0.717) is 22.0 Å². The van der Waals surface area contributed by atoms with Crippen molar-refractivity contribution in [3.05, 3.63) is 47.7 Å². The van der Waals surface area contributed by atoms with Crippen molar-refractivity contribution in [3.63, 3.8) is 0 Å². The highest BCUT2D eigenvalue weighted by molar-refractivity contribution is 7.99. The van der Waals surface area contributed by atoms with E-state index in [1.807, 2.05) is 5.32 Å². The number of carbonyl (C=O) groups excluding carboxylic acids is 2. The maximum Gasteiger partial charge on any atom is 0.405 e. The summed E-state index contributed by atoms with van der Waals surface area (Å²) in [6, 6.07) is 8.06. The first-order valence-corrected chi connectivity index (χ1v) is 9.66. The Labute approximate surface area is 173 Å². The van der Waals surface area contributed by atoms with E-state index in [4.69, 9.17) is 12.2 Å². The van der Waals surface area contributed by atoms with Gasteiger partial charge in [-0.15, -0.1) is 0 Å². The van der Waals surface area contributed by atoms with E-state index >= 15 is 0 Å². The summed E-state index contributed by atoms with van der Waals surface area (Å²) in [6.45, 7) is -1.09. The lowest BCUT2D eigenvalue weighted by atomic mass is 10.1. The van der Waals surface area contributed by atoms with Crippen LogP contribution in [0.5, 0.6) is 0 Å². The van der Waals surface area contributed by atoms with Gasteiger partial charge in [-0.25, -0.2) is 9.97 Å². The fraction of sp³-hybridized carbons (Fsp3) is 0.235. The van der Waals surface area contributed by atoms with E-state index < -0.39 is 12.7 Å². The number of alkyl halides is 3. The number of benzene rings is 1. The van der Waals surface area contributed by atoms with Crippen molar-refractivity contribution in [3.8, 4) is 0 Å². The fourth-order valence-corrected chi connectivity index (χ4v) is 3.42. The molecule has 0 unspecified atom stereocenters. The quantitative estimate of drug-likeness (QED) is 0.306. The number of anilines is 1. The second-order valence-corrected chi connectivity index (χ2v) is 7.27. The Balaban J connectivity index is 1.52. The van der Waals surface area contributed by atoms with Gasteiger partial charge in [-0.3, -0.25) is 14.5 Å². The molecule has 12 heteroatoms. The number of thioether (sulfide) groups is 1. The second-order valence-electron chi connectivity index (χ2n) is 5.80. The number of thiocarbonyl (C=S) groups is 1. The number of fused-ring (bicyclic) bond motifs is 1. The topological polar surface area (TPSA) is 87.2 Å². The summed E-state index contributed by atoms with van der Waals surface area (Å²) >= 11 is 5.99. The fourth-order valence-electron chi connectivity index (χ4n) is 2.49. The standard InChI is InChI=1S/C17H14F3N5O2S2/c18-17(19,20)9-22-15(28)23-12-5-6-21-16(24-12)29-8-7-25-13(26)10-3-1-2-4-11(10)14(25)27/h1-6H,7-9H2,(H2,21,22,23,24,28). The highest BCUT2D eigenvalue weighted by Crippen LogP contribution is 2.23. The van der Waals surface area contributed by atoms with Crippen LogP contribution in [0.25, 0.3) is 0 Å². The van der Waals surface area contributed by atoms with Gasteiger partial charge >= 0.3 is 6.18 Å². The van der Waals surface area contributed by atoms with Gasteiger partial charge in [0.25, 0.3) is 11.8 Å². The lowest BCUT2D eigenvalue weighted by Crippen LogP contribution is -2.36. The number of halogens is 3. The van der Waals surface area contributed by atoms with Gasteiger partial charge in [-0.2, -0.15) is 13.2 Å². The van der Waals surface area contributed by atoms with Gasteiger partial charge in [0.2, 0.25) is 0 Å². The van der Waals surface area contributed by atoms with Crippen LogP contribution in [-0.4, -0.2) is 56.8 Å². The SMILES string of the molecule is O=C1c2ccccc2C(=O)N1CCSc1nccc(NC(=S)NCC(F)(F)F)n1. The van der Waals surface area contributed by atoms with Crippen molar-refractivity contribution < 1.29 is 22.8 Å². The number of aromatic nitrogens is 2. The van der Waals surface area contributed by atoms with Gasteiger partial charge in [0.1, 0.15) is 12.4 Å². The number of imide groups is 1. The molecular formula is C17H14F3N5O2S2. The summed E-state index contributed by atoms with van der Waals surface area (Å²) in [7, 11) is 0. The van der Waals surface area contributed by atoms with Crippen molar-refractivity contribution in [2.45, 2.75) is 11.3 Å². The molecule has 3 rings (SSSR count). The van der Waals surface area contributed by atoms with Crippen molar-refractivity contribution in [2.24, 2.45) is 0 Å². The van der Waals surface area contributed by atoms with E-state index in [9.17, 15) is 22.8 Å². The molecule has 1 aromatic heterocycles. The third kappa shape index (κ3) is 5.41. The molecule has 2 amide bonds. The molecule has 0 aliphatic carbocycles. The predicted molar refractivity (Wildman–Crippen MR) is 105 cm³/mol. The minimum atomic E-state index is -4.39. The molecule has 0 saturated heterocycles. The monoisotopic (exact) mass is 441 g/mol. The summed E-state index contributed by atoms with van der Waals surface area (Å²) in [5.41, 5.74) is 0.759. The van der Waals surface area contributed by atoms with Crippen LogP contribution in [0.1, 0.15) is 20.7 Å². The van der Waals surface area contributed by atoms with Crippen LogP contribution in [0.15, 0.2) is 41.7 Å². The Kier molecular flexibility index (Phi) is 6.33. The van der Waals surface area contributed by atoms with Crippen LogP contribution in [0.4, 0.5) is 19.0 Å². The molecule has 152 valence electrons. The van der Waals surface area contributed by atoms with Crippen molar-refractivity contribution in [1.29, 1.82) is 0 Å². The third-order valence-corrected chi connectivity index (χ3v) is 4.84. The van der Waals surface area contributed by atoms with Gasteiger partial charge in [-0.05, 0) is 30.4 Å². The largest absolute Gasteiger partial charge is 0.405 e. The maximum absolute atomic E-state index is 12.3. The number of hydrogen-bond donors (Lipinski definition) is 2. The molecule has 1 aliphatic rings. The number of nitrogens with one attached hydrogen (secondary N) is 2. The Hall–Kier alpha value is -2.73. The minimum Gasteiger partial charge on any atom is -0.353 e. The average molecular weight is 441 g/mol. The molecule has 0 fully saturated rings. The van der Waals surface area contributed by atoms with Crippen LogP contribution in [0, 0.1) is 0 Å². The molecule has 2 aromatic rings. The summed E-state index contributed by atoms with van der Waals surface area (Å²) in [5, 5.41) is 4.69. The highest BCUT2D eigenvalue weighted by atomic mass is 32.2. The van der Waals surface area contributed by atoms with E-state index in [-0.39, 0.29) is 29.3 Å². The van der Waals surface area contributed by atoms with E-state index in [1.54, 1.807) is 24.3 Å². The summed E-state index contributed by atoms with van der Waals surface area (Å²) in [6.07, 6.45) is -2.96.